The highest BCUT2D eigenvalue weighted by molar-refractivity contribution is 5.28. The maximum atomic E-state index is 12.0. The van der Waals surface area contributed by atoms with Gasteiger partial charge in [-0.1, -0.05) is 12.1 Å². The molecule has 1 aromatic rings. The van der Waals surface area contributed by atoms with Gasteiger partial charge in [-0.15, -0.1) is 0 Å². The first-order valence-corrected chi connectivity index (χ1v) is 4.86. The molecule has 0 heterocycles. The van der Waals surface area contributed by atoms with Crippen LogP contribution in [0.2, 0.25) is 0 Å². The molecule has 0 saturated heterocycles. The lowest BCUT2D eigenvalue weighted by Crippen LogP contribution is -2.29. The Hall–Kier alpha value is -1.23. The molecule has 0 fully saturated rings. The highest BCUT2D eigenvalue weighted by atomic mass is 19.4. The van der Waals surface area contributed by atoms with E-state index >= 15 is 0 Å². The van der Waals surface area contributed by atoms with Gasteiger partial charge in [-0.2, -0.15) is 13.2 Å². The Morgan fingerprint density at radius 1 is 1.38 bits per heavy atom. The first-order chi connectivity index (χ1) is 7.40. The van der Waals surface area contributed by atoms with Crippen molar-refractivity contribution >= 4 is 0 Å². The van der Waals surface area contributed by atoms with Crippen LogP contribution in [0, 0.1) is 0 Å². The van der Waals surface area contributed by atoms with Gasteiger partial charge in [0.1, 0.15) is 5.75 Å². The Morgan fingerprint density at radius 2 is 2.06 bits per heavy atom. The number of methoxy groups -OCH3 is 1. The molecule has 0 bridgehead atoms. The maximum absolute atomic E-state index is 12.0. The van der Waals surface area contributed by atoms with Crippen molar-refractivity contribution in [2.75, 3.05) is 7.11 Å². The molecule has 0 amide bonds. The molecule has 5 heteroatoms. The molecule has 2 nitrogen and oxygen atoms in total. The molecule has 90 valence electrons. The van der Waals surface area contributed by atoms with Crippen LogP contribution in [0.15, 0.2) is 24.3 Å². The first kappa shape index (κ1) is 12.8. The van der Waals surface area contributed by atoms with Crippen molar-refractivity contribution in [2.45, 2.75) is 25.1 Å². The SMILES string of the molecule is COc1cccc(CC(N)CC(F)(F)F)c1. The molecule has 1 rings (SSSR count). The highest BCUT2D eigenvalue weighted by Crippen LogP contribution is 2.23. The Balaban J connectivity index is 2.59. The smallest absolute Gasteiger partial charge is 0.390 e. The molecule has 1 atom stereocenters. The fraction of sp³-hybridized carbons (Fsp3) is 0.455. The Morgan fingerprint density at radius 3 is 2.62 bits per heavy atom. The second-order valence-corrected chi connectivity index (χ2v) is 3.64. The van der Waals surface area contributed by atoms with Gasteiger partial charge in [0.2, 0.25) is 0 Å². The van der Waals surface area contributed by atoms with E-state index in [9.17, 15) is 13.2 Å². The zero-order valence-corrected chi connectivity index (χ0v) is 8.92. The molecule has 1 aromatic carbocycles. The van der Waals surface area contributed by atoms with E-state index in [1.54, 1.807) is 24.3 Å². The van der Waals surface area contributed by atoms with Gasteiger partial charge in [0.05, 0.1) is 13.5 Å². The summed E-state index contributed by atoms with van der Waals surface area (Å²) in [6, 6.07) is 5.98. The second-order valence-electron chi connectivity index (χ2n) is 3.64. The predicted molar refractivity (Wildman–Crippen MR) is 55.3 cm³/mol. The standard InChI is InChI=1S/C11H14F3NO/c1-16-10-4-2-3-8(6-10)5-9(15)7-11(12,13)14/h2-4,6,9H,5,7,15H2,1H3. The van der Waals surface area contributed by atoms with Crippen LogP contribution in [0.1, 0.15) is 12.0 Å². The van der Waals surface area contributed by atoms with Crippen molar-refractivity contribution < 1.29 is 17.9 Å². The highest BCUT2D eigenvalue weighted by Gasteiger charge is 2.30. The van der Waals surface area contributed by atoms with Crippen molar-refractivity contribution in [2.24, 2.45) is 5.73 Å². The van der Waals surface area contributed by atoms with E-state index in [1.807, 2.05) is 0 Å². The van der Waals surface area contributed by atoms with Crippen LogP contribution in [0.25, 0.3) is 0 Å². The van der Waals surface area contributed by atoms with E-state index in [4.69, 9.17) is 10.5 Å². The largest absolute Gasteiger partial charge is 0.497 e. The summed E-state index contributed by atoms with van der Waals surface area (Å²) in [6.45, 7) is 0. The summed E-state index contributed by atoms with van der Waals surface area (Å²) in [5.74, 6) is 0.622. The Bertz CT molecular complexity index is 338. The predicted octanol–water partition coefficient (Wildman–Crippen LogP) is 2.52. The van der Waals surface area contributed by atoms with Gasteiger partial charge in [0.25, 0.3) is 0 Å². The minimum atomic E-state index is -4.21. The van der Waals surface area contributed by atoms with Crippen LogP contribution in [0.5, 0.6) is 5.75 Å². The number of benzene rings is 1. The van der Waals surface area contributed by atoms with Gasteiger partial charge in [0, 0.05) is 6.04 Å². The number of hydrogen-bond acceptors (Lipinski definition) is 2. The molecule has 0 spiro atoms. The molecule has 0 saturated carbocycles. The van der Waals surface area contributed by atoms with Gasteiger partial charge in [-0.25, -0.2) is 0 Å². The van der Waals surface area contributed by atoms with E-state index < -0.39 is 18.6 Å². The van der Waals surface area contributed by atoms with Gasteiger partial charge >= 0.3 is 6.18 Å². The second kappa shape index (κ2) is 5.21. The molecular formula is C11H14F3NO. The van der Waals surface area contributed by atoms with Crippen LogP contribution >= 0.6 is 0 Å². The summed E-state index contributed by atoms with van der Waals surface area (Å²) in [5, 5.41) is 0. The number of halogens is 3. The van der Waals surface area contributed by atoms with Crippen molar-refractivity contribution in [1.82, 2.24) is 0 Å². The zero-order chi connectivity index (χ0) is 12.2. The molecule has 0 radical (unpaired) electrons. The summed E-state index contributed by atoms with van der Waals surface area (Å²) < 4.78 is 41.1. The molecule has 2 N–H and O–H groups in total. The number of hydrogen-bond donors (Lipinski definition) is 1. The van der Waals surface area contributed by atoms with Crippen LogP contribution in [-0.2, 0) is 6.42 Å². The fourth-order valence-electron chi connectivity index (χ4n) is 1.47. The number of rotatable bonds is 4. The van der Waals surface area contributed by atoms with Crippen LogP contribution in [0.4, 0.5) is 13.2 Å². The monoisotopic (exact) mass is 233 g/mol. The lowest BCUT2D eigenvalue weighted by Gasteiger charge is -2.14. The molecule has 0 aliphatic heterocycles. The lowest BCUT2D eigenvalue weighted by molar-refractivity contribution is -0.138. The van der Waals surface area contributed by atoms with Crippen molar-refractivity contribution in [3.05, 3.63) is 29.8 Å². The van der Waals surface area contributed by atoms with Crippen LogP contribution in [0.3, 0.4) is 0 Å². The van der Waals surface area contributed by atoms with Crippen molar-refractivity contribution in [3.8, 4) is 5.75 Å². The number of alkyl halides is 3. The van der Waals surface area contributed by atoms with Crippen LogP contribution < -0.4 is 10.5 Å². The summed E-state index contributed by atoms with van der Waals surface area (Å²) in [5.41, 5.74) is 6.17. The normalized spacial score (nSPS) is 13.6. The van der Waals surface area contributed by atoms with E-state index in [0.717, 1.165) is 5.56 Å². The Kier molecular flexibility index (Phi) is 4.18. The van der Waals surface area contributed by atoms with E-state index in [1.165, 1.54) is 7.11 Å². The Labute approximate surface area is 92.2 Å². The van der Waals surface area contributed by atoms with Gasteiger partial charge in [0.15, 0.2) is 0 Å². The minimum Gasteiger partial charge on any atom is -0.497 e. The zero-order valence-electron chi connectivity index (χ0n) is 8.92. The molecular weight excluding hydrogens is 219 g/mol. The van der Waals surface area contributed by atoms with E-state index in [2.05, 4.69) is 0 Å². The summed E-state index contributed by atoms with van der Waals surface area (Å²) in [4.78, 5) is 0. The molecule has 0 aliphatic carbocycles. The summed E-state index contributed by atoms with van der Waals surface area (Å²) in [7, 11) is 1.51. The molecule has 16 heavy (non-hydrogen) atoms. The van der Waals surface area contributed by atoms with Crippen molar-refractivity contribution in [3.63, 3.8) is 0 Å². The molecule has 0 aliphatic rings. The third kappa shape index (κ3) is 4.53. The van der Waals surface area contributed by atoms with Crippen molar-refractivity contribution in [1.29, 1.82) is 0 Å². The number of nitrogens with two attached hydrogens (primary N) is 1. The average Bonchev–Trinajstić information content (AvgIpc) is 2.15. The lowest BCUT2D eigenvalue weighted by atomic mass is 10.0. The topological polar surface area (TPSA) is 35.2 Å². The first-order valence-electron chi connectivity index (χ1n) is 4.86. The minimum absolute atomic E-state index is 0.191. The summed E-state index contributed by atoms with van der Waals surface area (Å²) >= 11 is 0. The van der Waals surface area contributed by atoms with Gasteiger partial charge in [-0.05, 0) is 24.1 Å². The van der Waals surface area contributed by atoms with Gasteiger partial charge < -0.3 is 10.5 Å². The van der Waals surface area contributed by atoms with Gasteiger partial charge in [-0.3, -0.25) is 0 Å². The molecule has 1 unspecified atom stereocenters. The third-order valence-corrected chi connectivity index (χ3v) is 2.13. The van der Waals surface area contributed by atoms with E-state index in [-0.39, 0.29) is 6.42 Å². The van der Waals surface area contributed by atoms with E-state index in [0.29, 0.717) is 5.75 Å². The summed E-state index contributed by atoms with van der Waals surface area (Å²) in [6.07, 6.45) is -4.99. The maximum Gasteiger partial charge on any atom is 0.390 e. The molecule has 0 aromatic heterocycles. The fourth-order valence-corrected chi connectivity index (χ4v) is 1.47. The van der Waals surface area contributed by atoms with Crippen LogP contribution in [-0.4, -0.2) is 19.3 Å². The number of ether oxygens (including phenoxy) is 1. The average molecular weight is 233 g/mol. The third-order valence-electron chi connectivity index (χ3n) is 2.13. The quantitative estimate of drug-likeness (QED) is 0.867.